The minimum Gasteiger partial charge on any atom is -0.467 e. The zero-order chi connectivity index (χ0) is 13.7. The quantitative estimate of drug-likeness (QED) is 0.869. The van der Waals surface area contributed by atoms with Gasteiger partial charge in [-0.1, -0.05) is 0 Å². The first kappa shape index (κ1) is 13.3. The van der Waals surface area contributed by atoms with Crippen LogP contribution in [0.25, 0.3) is 0 Å². The van der Waals surface area contributed by atoms with E-state index in [9.17, 15) is 9.59 Å². The molecule has 0 saturated heterocycles. The minimum atomic E-state index is -0.178. The van der Waals surface area contributed by atoms with Crippen molar-refractivity contribution in [3.8, 4) is 0 Å². The molecule has 0 unspecified atom stereocenters. The molecule has 0 aromatic carbocycles. The number of hydrogen-bond acceptors (Lipinski definition) is 5. The molecule has 0 fully saturated rings. The van der Waals surface area contributed by atoms with Crippen LogP contribution >= 0.6 is 11.3 Å². The van der Waals surface area contributed by atoms with Crippen molar-refractivity contribution in [2.75, 3.05) is 5.32 Å². The Hall–Kier alpha value is -2.15. The Bertz CT molecular complexity index is 563. The van der Waals surface area contributed by atoms with Gasteiger partial charge >= 0.3 is 0 Å². The molecule has 100 valence electrons. The van der Waals surface area contributed by atoms with E-state index in [-0.39, 0.29) is 18.2 Å². The number of rotatable bonds is 5. The van der Waals surface area contributed by atoms with Gasteiger partial charge in [-0.15, -0.1) is 11.3 Å². The Morgan fingerprint density at radius 3 is 3.00 bits per heavy atom. The number of nitrogens with one attached hydrogen (secondary N) is 2. The first-order chi connectivity index (χ1) is 9.13. The van der Waals surface area contributed by atoms with Gasteiger partial charge in [0.2, 0.25) is 11.8 Å². The average molecular weight is 279 g/mol. The van der Waals surface area contributed by atoms with Crippen molar-refractivity contribution >= 4 is 28.3 Å². The van der Waals surface area contributed by atoms with E-state index in [4.69, 9.17) is 4.42 Å². The molecule has 7 heteroatoms. The Morgan fingerprint density at radius 2 is 2.32 bits per heavy atom. The van der Waals surface area contributed by atoms with Gasteiger partial charge in [-0.2, -0.15) is 0 Å². The highest BCUT2D eigenvalue weighted by Crippen LogP contribution is 2.15. The number of hydrogen-bond donors (Lipinski definition) is 2. The molecular formula is C12H13N3O3S. The fourth-order valence-electron chi connectivity index (χ4n) is 1.42. The van der Waals surface area contributed by atoms with E-state index < -0.39 is 0 Å². The third-order valence-corrected chi connectivity index (χ3v) is 3.02. The predicted octanol–water partition coefficient (Wildman–Crippen LogP) is 1.55. The van der Waals surface area contributed by atoms with E-state index in [1.165, 1.54) is 18.3 Å². The third-order valence-electron chi connectivity index (χ3n) is 2.22. The minimum absolute atomic E-state index is 0.143. The molecule has 2 amide bonds. The largest absolute Gasteiger partial charge is 0.467 e. The first-order valence-electron chi connectivity index (χ1n) is 5.64. The van der Waals surface area contributed by atoms with E-state index in [2.05, 4.69) is 15.6 Å². The van der Waals surface area contributed by atoms with Gasteiger partial charge in [0.05, 0.1) is 24.9 Å². The smallest absolute Gasteiger partial charge is 0.226 e. The first-order valence-corrected chi connectivity index (χ1v) is 6.52. The monoisotopic (exact) mass is 279 g/mol. The van der Waals surface area contributed by atoms with E-state index in [0.717, 1.165) is 0 Å². The number of amides is 2. The number of carbonyl (C=O) groups is 2. The van der Waals surface area contributed by atoms with Gasteiger partial charge < -0.3 is 15.1 Å². The van der Waals surface area contributed by atoms with Crippen LogP contribution < -0.4 is 10.6 Å². The lowest BCUT2D eigenvalue weighted by Gasteiger charge is -2.01. The standard InChI is InChI=1S/C12H13N3O3S/c1-8(16)14-12-15-9(7-19-12)5-11(17)13-6-10-3-2-4-18-10/h2-4,7H,5-6H2,1H3,(H,13,17)(H,14,15,16). The zero-order valence-corrected chi connectivity index (χ0v) is 11.1. The Kier molecular flexibility index (Phi) is 4.30. The highest BCUT2D eigenvalue weighted by molar-refractivity contribution is 7.13. The summed E-state index contributed by atoms with van der Waals surface area (Å²) in [6, 6.07) is 3.56. The van der Waals surface area contributed by atoms with E-state index >= 15 is 0 Å². The molecule has 0 aliphatic carbocycles. The van der Waals surface area contributed by atoms with Crippen molar-refractivity contribution in [2.45, 2.75) is 19.9 Å². The molecule has 0 saturated carbocycles. The molecule has 0 aliphatic heterocycles. The maximum absolute atomic E-state index is 11.7. The Morgan fingerprint density at radius 1 is 1.47 bits per heavy atom. The summed E-state index contributed by atoms with van der Waals surface area (Å²) >= 11 is 1.29. The van der Waals surface area contributed by atoms with Crippen LogP contribution in [0.5, 0.6) is 0 Å². The summed E-state index contributed by atoms with van der Waals surface area (Å²) in [6.07, 6.45) is 1.73. The lowest BCUT2D eigenvalue weighted by atomic mass is 10.3. The van der Waals surface area contributed by atoms with Crippen LogP contribution in [0.2, 0.25) is 0 Å². The van der Waals surface area contributed by atoms with Gasteiger partial charge in [-0.05, 0) is 12.1 Å². The molecule has 2 heterocycles. The van der Waals surface area contributed by atoms with Crippen molar-refractivity contribution in [1.29, 1.82) is 0 Å². The van der Waals surface area contributed by atoms with Crippen LogP contribution in [0.15, 0.2) is 28.2 Å². The molecule has 6 nitrogen and oxygen atoms in total. The normalized spacial score (nSPS) is 10.2. The van der Waals surface area contributed by atoms with Crippen molar-refractivity contribution in [2.24, 2.45) is 0 Å². The summed E-state index contributed by atoms with van der Waals surface area (Å²) in [5.74, 6) is 0.379. The fourth-order valence-corrected chi connectivity index (χ4v) is 2.18. The second-order valence-corrected chi connectivity index (χ2v) is 4.72. The van der Waals surface area contributed by atoms with Gasteiger partial charge in [0.25, 0.3) is 0 Å². The molecule has 2 N–H and O–H groups in total. The number of aromatic nitrogens is 1. The molecule has 0 radical (unpaired) electrons. The number of thiazole rings is 1. The summed E-state index contributed by atoms with van der Waals surface area (Å²) in [5, 5.41) is 7.55. The van der Waals surface area contributed by atoms with Gasteiger partial charge in [0, 0.05) is 12.3 Å². The highest BCUT2D eigenvalue weighted by atomic mass is 32.1. The second-order valence-electron chi connectivity index (χ2n) is 3.86. The van der Waals surface area contributed by atoms with E-state index in [0.29, 0.717) is 23.1 Å². The maximum atomic E-state index is 11.7. The number of anilines is 1. The molecule has 19 heavy (non-hydrogen) atoms. The highest BCUT2D eigenvalue weighted by Gasteiger charge is 2.08. The lowest BCUT2D eigenvalue weighted by molar-refractivity contribution is -0.120. The number of furan rings is 1. The molecule has 0 atom stereocenters. The SMILES string of the molecule is CC(=O)Nc1nc(CC(=O)NCc2ccco2)cs1. The van der Waals surface area contributed by atoms with Crippen LogP contribution in [0.1, 0.15) is 18.4 Å². The Balaban J connectivity index is 1.81. The summed E-state index contributed by atoms with van der Waals surface area (Å²) in [7, 11) is 0. The van der Waals surface area contributed by atoms with Gasteiger partial charge in [-0.3, -0.25) is 9.59 Å². The molecule has 0 aliphatic rings. The van der Waals surface area contributed by atoms with Crippen molar-refractivity contribution in [1.82, 2.24) is 10.3 Å². The molecule has 2 aromatic rings. The lowest BCUT2D eigenvalue weighted by Crippen LogP contribution is -2.24. The molecule has 2 aromatic heterocycles. The predicted molar refractivity (Wildman–Crippen MR) is 70.7 cm³/mol. The van der Waals surface area contributed by atoms with E-state index in [1.807, 2.05) is 0 Å². The van der Waals surface area contributed by atoms with Gasteiger partial charge in [-0.25, -0.2) is 4.98 Å². The van der Waals surface area contributed by atoms with E-state index in [1.54, 1.807) is 23.8 Å². The summed E-state index contributed by atoms with van der Waals surface area (Å²) in [5.41, 5.74) is 0.630. The fraction of sp³-hybridized carbons (Fsp3) is 0.250. The van der Waals surface area contributed by atoms with Crippen molar-refractivity contribution < 1.29 is 14.0 Å². The van der Waals surface area contributed by atoms with Crippen molar-refractivity contribution in [3.05, 3.63) is 35.2 Å². The molecule has 0 spiro atoms. The summed E-state index contributed by atoms with van der Waals surface area (Å²) < 4.78 is 5.11. The average Bonchev–Trinajstić information content (AvgIpc) is 2.97. The number of carbonyl (C=O) groups excluding carboxylic acids is 2. The maximum Gasteiger partial charge on any atom is 0.226 e. The topological polar surface area (TPSA) is 84.2 Å². The van der Waals surface area contributed by atoms with Crippen LogP contribution in [0.3, 0.4) is 0 Å². The van der Waals surface area contributed by atoms with Crippen LogP contribution in [-0.2, 0) is 22.6 Å². The molecule has 0 bridgehead atoms. The zero-order valence-electron chi connectivity index (χ0n) is 10.3. The molecular weight excluding hydrogens is 266 g/mol. The number of nitrogens with zero attached hydrogens (tertiary/aromatic N) is 1. The van der Waals surface area contributed by atoms with Crippen LogP contribution in [0, 0.1) is 0 Å². The van der Waals surface area contributed by atoms with Gasteiger partial charge in [0.15, 0.2) is 5.13 Å². The van der Waals surface area contributed by atoms with Crippen molar-refractivity contribution in [3.63, 3.8) is 0 Å². The van der Waals surface area contributed by atoms with Crippen LogP contribution in [-0.4, -0.2) is 16.8 Å². The summed E-state index contributed by atoms with van der Waals surface area (Å²) in [6.45, 7) is 1.77. The summed E-state index contributed by atoms with van der Waals surface area (Å²) in [4.78, 5) is 26.6. The van der Waals surface area contributed by atoms with Gasteiger partial charge in [0.1, 0.15) is 5.76 Å². The van der Waals surface area contributed by atoms with Crippen LogP contribution in [0.4, 0.5) is 5.13 Å². The molecule has 2 rings (SSSR count). The Labute approximate surface area is 113 Å². The second kappa shape index (κ2) is 6.14. The third kappa shape index (κ3) is 4.22.